The number of ether oxygens (including phenoxy) is 3. The van der Waals surface area contributed by atoms with E-state index >= 15 is 0 Å². The lowest BCUT2D eigenvalue weighted by atomic mass is 10.1. The number of aliphatic hydroxyl groups excluding tert-OH is 1. The third-order valence-corrected chi connectivity index (χ3v) is 4.91. The SMILES string of the molecule is COc1cc(/C=C2\SC(=S)N([C@@H](CO)C(=O)O)C2=O)cc(OC)c1OC. The predicted octanol–water partition coefficient (Wildman–Crippen LogP) is 1.36. The number of carbonyl (C=O) groups excluding carboxylic acids is 1. The molecule has 0 aromatic heterocycles. The van der Waals surface area contributed by atoms with E-state index in [4.69, 9.17) is 31.5 Å². The van der Waals surface area contributed by atoms with Gasteiger partial charge >= 0.3 is 5.97 Å². The largest absolute Gasteiger partial charge is 0.493 e. The lowest BCUT2D eigenvalue weighted by Gasteiger charge is -2.20. The van der Waals surface area contributed by atoms with Crippen LogP contribution in [-0.2, 0) is 9.59 Å². The number of benzene rings is 1. The monoisotopic (exact) mass is 399 g/mol. The smallest absolute Gasteiger partial charge is 0.329 e. The number of aliphatic carboxylic acids is 1. The van der Waals surface area contributed by atoms with Gasteiger partial charge in [0.2, 0.25) is 5.75 Å². The molecule has 1 aromatic carbocycles. The standard InChI is InChI=1S/C16H17NO7S2/c1-22-10-4-8(5-11(23-2)13(10)24-3)6-12-14(19)17(16(25)26-12)9(7-18)15(20)21/h4-6,9,18H,7H2,1-3H3,(H,20,21)/b12-6-/t9-/m0/s1. The summed E-state index contributed by atoms with van der Waals surface area (Å²) in [6, 6.07) is 1.87. The second-order valence-corrected chi connectivity index (χ2v) is 6.72. The molecule has 0 saturated carbocycles. The number of carboxylic acid groups (broad SMARTS) is 1. The van der Waals surface area contributed by atoms with Crippen molar-refractivity contribution in [1.29, 1.82) is 0 Å². The number of hydrogen-bond donors (Lipinski definition) is 2. The van der Waals surface area contributed by atoms with Crippen LogP contribution in [0.4, 0.5) is 0 Å². The van der Waals surface area contributed by atoms with Crippen molar-refractivity contribution in [3.8, 4) is 17.2 Å². The Hall–Kier alpha value is -2.30. The fourth-order valence-electron chi connectivity index (χ4n) is 2.35. The summed E-state index contributed by atoms with van der Waals surface area (Å²) in [5.41, 5.74) is 0.580. The van der Waals surface area contributed by atoms with Crippen LogP contribution in [0.2, 0.25) is 0 Å². The Balaban J connectivity index is 2.43. The Morgan fingerprint density at radius 3 is 2.27 bits per heavy atom. The van der Waals surface area contributed by atoms with Gasteiger partial charge in [0.15, 0.2) is 17.5 Å². The van der Waals surface area contributed by atoms with Gasteiger partial charge in [0.25, 0.3) is 5.91 Å². The number of amides is 1. The van der Waals surface area contributed by atoms with Crippen molar-refractivity contribution < 1.29 is 34.0 Å². The van der Waals surface area contributed by atoms with Crippen molar-refractivity contribution in [2.45, 2.75) is 6.04 Å². The van der Waals surface area contributed by atoms with E-state index in [1.54, 1.807) is 18.2 Å². The molecule has 1 aliphatic heterocycles. The van der Waals surface area contributed by atoms with Gasteiger partial charge in [0.05, 0.1) is 32.8 Å². The van der Waals surface area contributed by atoms with Crippen molar-refractivity contribution in [1.82, 2.24) is 4.90 Å². The fraction of sp³-hybridized carbons (Fsp3) is 0.312. The van der Waals surface area contributed by atoms with Crippen LogP contribution in [0.15, 0.2) is 17.0 Å². The first-order chi connectivity index (χ1) is 12.4. The van der Waals surface area contributed by atoms with Crippen molar-refractivity contribution in [3.63, 3.8) is 0 Å². The number of nitrogens with zero attached hydrogens (tertiary/aromatic N) is 1. The van der Waals surface area contributed by atoms with Gasteiger partial charge in [-0.15, -0.1) is 0 Å². The number of rotatable bonds is 7. The summed E-state index contributed by atoms with van der Waals surface area (Å²) in [4.78, 5) is 24.9. The number of carbonyl (C=O) groups is 2. The Labute approximate surface area is 159 Å². The minimum absolute atomic E-state index is 0.0649. The number of thioether (sulfide) groups is 1. The summed E-state index contributed by atoms with van der Waals surface area (Å²) in [7, 11) is 4.42. The van der Waals surface area contributed by atoms with Crippen LogP contribution in [0, 0.1) is 0 Å². The van der Waals surface area contributed by atoms with Crippen LogP contribution in [0.1, 0.15) is 5.56 Å². The molecular formula is C16H17NO7S2. The Morgan fingerprint density at radius 2 is 1.85 bits per heavy atom. The molecule has 1 atom stereocenters. The molecule has 0 radical (unpaired) electrons. The van der Waals surface area contributed by atoms with Crippen LogP contribution < -0.4 is 14.2 Å². The predicted molar refractivity (Wildman–Crippen MR) is 99.6 cm³/mol. The number of aliphatic hydroxyl groups is 1. The maximum atomic E-state index is 12.5. The molecule has 1 saturated heterocycles. The van der Waals surface area contributed by atoms with Gasteiger partial charge in [-0.25, -0.2) is 4.79 Å². The molecule has 1 aromatic rings. The summed E-state index contributed by atoms with van der Waals surface area (Å²) in [5.74, 6) is -0.696. The van der Waals surface area contributed by atoms with Crippen molar-refractivity contribution >= 4 is 46.3 Å². The van der Waals surface area contributed by atoms with E-state index in [9.17, 15) is 14.7 Å². The first-order valence-electron chi connectivity index (χ1n) is 7.28. The van der Waals surface area contributed by atoms with E-state index in [0.717, 1.165) is 16.7 Å². The lowest BCUT2D eigenvalue weighted by Crippen LogP contribution is -2.46. The van der Waals surface area contributed by atoms with Gasteiger partial charge in [-0.05, 0) is 23.8 Å². The van der Waals surface area contributed by atoms with E-state index in [-0.39, 0.29) is 9.23 Å². The molecule has 1 amide bonds. The Morgan fingerprint density at radius 1 is 1.27 bits per heavy atom. The molecule has 10 heteroatoms. The summed E-state index contributed by atoms with van der Waals surface area (Å²) in [6.45, 7) is -0.737. The molecule has 2 rings (SSSR count). The molecule has 1 heterocycles. The van der Waals surface area contributed by atoms with Gasteiger partial charge in [0.1, 0.15) is 4.32 Å². The lowest BCUT2D eigenvalue weighted by molar-refractivity contribution is -0.146. The van der Waals surface area contributed by atoms with Gasteiger partial charge < -0.3 is 24.4 Å². The van der Waals surface area contributed by atoms with E-state index in [1.165, 1.54) is 21.3 Å². The Kier molecular flexibility index (Phi) is 6.46. The molecule has 8 nitrogen and oxygen atoms in total. The minimum Gasteiger partial charge on any atom is -0.493 e. The van der Waals surface area contributed by atoms with Gasteiger partial charge in [-0.1, -0.05) is 24.0 Å². The number of carboxylic acids is 1. The summed E-state index contributed by atoms with van der Waals surface area (Å²) in [6.07, 6.45) is 1.54. The molecule has 0 bridgehead atoms. The molecule has 0 aliphatic carbocycles. The summed E-state index contributed by atoms with van der Waals surface area (Å²) < 4.78 is 15.8. The average Bonchev–Trinajstić information content (AvgIpc) is 2.88. The molecule has 1 aliphatic rings. The highest BCUT2D eigenvalue weighted by molar-refractivity contribution is 8.26. The van der Waals surface area contributed by atoms with Crippen LogP contribution >= 0.6 is 24.0 Å². The third-order valence-electron chi connectivity index (χ3n) is 3.58. The maximum Gasteiger partial charge on any atom is 0.329 e. The number of methoxy groups -OCH3 is 3. The normalized spacial score (nSPS) is 16.8. The number of hydrogen-bond acceptors (Lipinski definition) is 8. The minimum atomic E-state index is -1.42. The van der Waals surface area contributed by atoms with Crippen LogP contribution in [-0.4, -0.2) is 65.3 Å². The van der Waals surface area contributed by atoms with Crippen LogP contribution in [0.25, 0.3) is 6.08 Å². The summed E-state index contributed by atoms with van der Waals surface area (Å²) in [5, 5.41) is 18.4. The van der Waals surface area contributed by atoms with Crippen molar-refractivity contribution in [3.05, 3.63) is 22.6 Å². The zero-order valence-electron chi connectivity index (χ0n) is 14.2. The fourth-order valence-corrected chi connectivity index (χ4v) is 3.71. The second kappa shape index (κ2) is 8.39. The van der Waals surface area contributed by atoms with E-state index in [1.807, 2.05) is 0 Å². The highest BCUT2D eigenvalue weighted by Gasteiger charge is 2.40. The zero-order valence-corrected chi connectivity index (χ0v) is 15.8. The molecule has 26 heavy (non-hydrogen) atoms. The first kappa shape index (κ1) is 20.0. The maximum absolute atomic E-state index is 12.5. The summed E-state index contributed by atoms with van der Waals surface area (Å²) >= 11 is 6.05. The van der Waals surface area contributed by atoms with E-state index in [0.29, 0.717) is 22.8 Å². The topological polar surface area (TPSA) is 106 Å². The molecule has 0 unspecified atom stereocenters. The molecular weight excluding hydrogens is 382 g/mol. The molecule has 140 valence electrons. The van der Waals surface area contributed by atoms with Gasteiger partial charge in [-0.2, -0.15) is 0 Å². The van der Waals surface area contributed by atoms with E-state index < -0.39 is 24.5 Å². The number of thiocarbonyl (C=S) groups is 1. The van der Waals surface area contributed by atoms with Crippen LogP contribution in [0.3, 0.4) is 0 Å². The zero-order chi connectivity index (χ0) is 19.4. The highest BCUT2D eigenvalue weighted by Crippen LogP contribution is 2.40. The van der Waals surface area contributed by atoms with Crippen molar-refractivity contribution in [2.75, 3.05) is 27.9 Å². The molecule has 2 N–H and O–H groups in total. The first-order valence-corrected chi connectivity index (χ1v) is 8.51. The van der Waals surface area contributed by atoms with Crippen molar-refractivity contribution in [2.24, 2.45) is 0 Å². The van der Waals surface area contributed by atoms with Crippen LogP contribution in [0.5, 0.6) is 17.2 Å². The van der Waals surface area contributed by atoms with Gasteiger partial charge in [-0.3, -0.25) is 9.69 Å². The highest BCUT2D eigenvalue weighted by atomic mass is 32.2. The third kappa shape index (κ3) is 3.76. The molecule has 0 spiro atoms. The molecule has 1 fully saturated rings. The quantitative estimate of drug-likeness (QED) is 0.519. The average molecular weight is 399 g/mol. The van der Waals surface area contributed by atoms with Gasteiger partial charge in [0, 0.05) is 0 Å². The van der Waals surface area contributed by atoms with E-state index in [2.05, 4.69) is 0 Å². The Bertz CT molecular complexity index is 753. The second-order valence-electron chi connectivity index (χ2n) is 5.05.